The third-order valence-corrected chi connectivity index (χ3v) is 8.84. The average molecular weight is 567 g/mol. The van der Waals surface area contributed by atoms with E-state index in [4.69, 9.17) is 18.9 Å². The molecule has 208 valence electrons. The van der Waals surface area contributed by atoms with Crippen LogP contribution in [0.5, 0.6) is 0 Å². The summed E-state index contributed by atoms with van der Waals surface area (Å²) in [5, 5.41) is 1.94. The highest BCUT2D eigenvalue weighted by atomic mass is 32.1. The van der Waals surface area contributed by atoms with Crippen molar-refractivity contribution < 1.29 is 18.9 Å². The van der Waals surface area contributed by atoms with E-state index in [1.54, 1.807) is 0 Å². The monoisotopic (exact) mass is 566 g/mol. The SMILES string of the molecule is CC1(C)O[C@@H]2[C@H](O1)[C@@H](COC(c1ccccc1)(c1ccccc1)c1ccccc1)O[C@H]2c1csc2c(=O)[nH]cnc12. The van der Waals surface area contributed by atoms with Crippen LogP contribution in [-0.2, 0) is 24.5 Å². The lowest BCUT2D eigenvalue weighted by molar-refractivity contribution is -0.196. The molecule has 4 atom stereocenters. The summed E-state index contributed by atoms with van der Waals surface area (Å²) in [6.45, 7) is 4.07. The van der Waals surface area contributed by atoms with E-state index in [1.807, 2.05) is 73.8 Å². The van der Waals surface area contributed by atoms with Gasteiger partial charge in [-0.25, -0.2) is 4.98 Å². The molecule has 5 aromatic rings. The van der Waals surface area contributed by atoms with Gasteiger partial charge in [-0.2, -0.15) is 0 Å². The Morgan fingerprint density at radius 2 is 1.44 bits per heavy atom. The van der Waals surface area contributed by atoms with E-state index in [0.717, 1.165) is 22.3 Å². The predicted molar refractivity (Wildman–Crippen MR) is 157 cm³/mol. The van der Waals surface area contributed by atoms with E-state index in [9.17, 15) is 4.79 Å². The number of benzene rings is 3. The first-order valence-electron chi connectivity index (χ1n) is 13.7. The number of aromatic amines is 1. The summed E-state index contributed by atoms with van der Waals surface area (Å²) in [4.78, 5) is 19.5. The van der Waals surface area contributed by atoms with Crippen molar-refractivity contribution in [3.8, 4) is 0 Å². The second kappa shape index (κ2) is 10.3. The molecule has 0 saturated carbocycles. The highest BCUT2D eigenvalue weighted by Crippen LogP contribution is 2.48. The molecule has 8 heteroatoms. The number of aromatic nitrogens is 2. The minimum atomic E-state index is -0.889. The molecule has 0 amide bonds. The Morgan fingerprint density at radius 3 is 2.02 bits per heavy atom. The molecule has 3 aromatic carbocycles. The van der Waals surface area contributed by atoms with Crippen LogP contribution in [0.4, 0.5) is 0 Å². The van der Waals surface area contributed by atoms with Gasteiger partial charge < -0.3 is 23.9 Å². The van der Waals surface area contributed by atoms with Gasteiger partial charge in [0.2, 0.25) is 0 Å². The van der Waals surface area contributed by atoms with Crippen LogP contribution < -0.4 is 5.56 Å². The molecule has 2 aliphatic rings. The summed E-state index contributed by atoms with van der Waals surface area (Å²) in [5.41, 5.74) is 3.45. The summed E-state index contributed by atoms with van der Waals surface area (Å²) in [6.07, 6.45) is -0.209. The van der Waals surface area contributed by atoms with Crippen LogP contribution in [0.25, 0.3) is 10.2 Å². The summed E-state index contributed by atoms with van der Waals surface area (Å²) in [7, 11) is 0. The number of ether oxygens (including phenoxy) is 4. The van der Waals surface area contributed by atoms with E-state index in [1.165, 1.54) is 17.7 Å². The second-order valence-corrected chi connectivity index (χ2v) is 11.7. The van der Waals surface area contributed by atoms with Gasteiger partial charge in [0.25, 0.3) is 5.56 Å². The minimum absolute atomic E-state index is 0.164. The zero-order valence-corrected chi connectivity index (χ0v) is 23.5. The van der Waals surface area contributed by atoms with Crippen LogP contribution in [0, 0.1) is 0 Å². The topological polar surface area (TPSA) is 82.7 Å². The lowest BCUT2D eigenvalue weighted by Gasteiger charge is -2.37. The molecular weight excluding hydrogens is 536 g/mol. The van der Waals surface area contributed by atoms with Gasteiger partial charge in [0.15, 0.2) is 5.79 Å². The molecule has 0 spiro atoms. The smallest absolute Gasteiger partial charge is 0.268 e. The van der Waals surface area contributed by atoms with Crippen LogP contribution >= 0.6 is 11.3 Å². The van der Waals surface area contributed by atoms with Gasteiger partial charge in [-0.1, -0.05) is 91.0 Å². The van der Waals surface area contributed by atoms with Crippen molar-refractivity contribution in [2.24, 2.45) is 0 Å². The molecule has 1 N–H and O–H groups in total. The fraction of sp³-hybridized carbons (Fsp3) is 0.273. The molecule has 41 heavy (non-hydrogen) atoms. The molecule has 2 aliphatic heterocycles. The zero-order valence-electron chi connectivity index (χ0n) is 22.7. The van der Waals surface area contributed by atoms with Gasteiger partial charge in [-0.15, -0.1) is 11.3 Å². The molecule has 4 heterocycles. The predicted octanol–water partition coefficient (Wildman–Crippen LogP) is 5.95. The number of nitrogens with zero attached hydrogens (tertiary/aromatic N) is 1. The summed E-state index contributed by atoms with van der Waals surface area (Å²) in [5.74, 6) is -0.790. The third-order valence-electron chi connectivity index (χ3n) is 7.85. The Hall–Kier alpha value is -3.66. The van der Waals surface area contributed by atoms with E-state index < -0.39 is 23.6 Å². The van der Waals surface area contributed by atoms with Crippen LogP contribution in [0.3, 0.4) is 0 Å². The first-order chi connectivity index (χ1) is 20.0. The summed E-state index contributed by atoms with van der Waals surface area (Å²) in [6, 6.07) is 30.8. The van der Waals surface area contributed by atoms with Crippen LogP contribution in [0.15, 0.2) is 107 Å². The average Bonchev–Trinajstić information content (AvgIpc) is 3.67. The molecule has 7 rings (SSSR count). The van der Waals surface area contributed by atoms with Crippen LogP contribution in [-0.4, -0.2) is 40.7 Å². The summed E-state index contributed by atoms with van der Waals surface area (Å²) < 4.78 is 27.2. The first kappa shape index (κ1) is 26.3. The maximum Gasteiger partial charge on any atom is 0.268 e. The quantitative estimate of drug-likeness (QED) is 0.245. The number of rotatable bonds is 7. The van der Waals surface area contributed by atoms with Crippen molar-refractivity contribution in [2.75, 3.05) is 6.61 Å². The fourth-order valence-corrected chi connectivity index (χ4v) is 7.06. The van der Waals surface area contributed by atoms with Gasteiger partial charge in [-0.05, 0) is 35.9 Å². The number of nitrogens with one attached hydrogen (secondary N) is 1. The lowest BCUT2D eigenvalue weighted by Crippen LogP contribution is -2.39. The van der Waals surface area contributed by atoms with Crippen LogP contribution in [0.1, 0.15) is 42.2 Å². The Morgan fingerprint density at radius 1 is 0.878 bits per heavy atom. The van der Waals surface area contributed by atoms with Gasteiger partial charge in [0, 0.05) is 5.56 Å². The third kappa shape index (κ3) is 4.52. The van der Waals surface area contributed by atoms with Crippen molar-refractivity contribution in [1.82, 2.24) is 9.97 Å². The van der Waals surface area contributed by atoms with Crippen molar-refractivity contribution in [3.05, 3.63) is 135 Å². The van der Waals surface area contributed by atoms with E-state index in [0.29, 0.717) is 10.2 Å². The van der Waals surface area contributed by atoms with E-state index in [2.05, 4.69) is 46.4 Å². The van der Waals surface area contributed by atoms with Crippen LogP contribution in [0.2, 0.25) is 0 Å². The molecule has 7 nitrogen and oxygen atoms in total. The van der Waals surface area contributed by atoms with Crippen molar-refractivity contribution in [2.45, 2.75) is 49.7 Å². The number of H-pyrrole nitrogens is 1. The van der Waals surface area contributed by atoms with Gasteiger partial charge >= 0.3 is 0 Å². The highest BCUT2D eigenvalue weighted by molar-refractivity contribution is 7.17. The van der Waals surface area contributed by atoms with Crippen molar-refractivity contribution >= 4 is 21.6 Å². The van der Waals surface area contributed by atoms with Gasteiger partial charge in [0.1, 0.15) is 34.7 Å². The highest BCUT2D eigenvalue weighted by Gasteiger charge is 2.56. The number of thiophene rings is 1. The Bertz CT molecular complexity index is 1610. The zero-order chi connectivity index (χ0) is 28.0. The fourth-order valence-electron chi connectivity index (χ4n) is 6.12. The standard InChI is InChI=1S/C33H30N2O5S/c1-32(2)39-28-25(38-27(29(28)40-32)24-19-41-30-26(24)34-20-35-31(30)36)18-37-33(21-12-6-3-7-13-21,22-14-8-4-9-15-22)23-16-10-5-11-17-23/h3-17,19-20,25,27-29H,18H2,1-2H3,(H,34,35,36)/t25-,27+,28-,29+/m1/s1. The molecule has 2 aromatic heterocycles. The molecular formula is C33H30N2O5S. The molecule has 2 fully saturated rings. The molecule has 0 unspecified atom stereocenters. The van der Waals surface area contributed by atoms with E-state index in [-0.39, 0.29) is 24.4 Å². The maximum atomic E-state index is 12.4. The Balaban J connectivity index is 1.29. The maximum absolute atomic E-state index is 12.4. The number of fused-ring (bicyclic) bond motifs is 2. The Labute approximate surface area is 241 Å². The second-order valence-electron chi connectivity index (χ2n) is 10.9. The van der Waals surface area contributed by atoms with Gasteiger partial charge in [0.05, 0.1) is 18.5 Å². The molecule has 0 radical (unpaired) electrons. The first-order valence-corrected chi connectivity index (χ1v) is 14.6. The minimum Gasteiger partial charge on any atom is -0.362 e. The summed E-state index contributed by atoms with van der Waals surface area (Å²) >= 11 is 1.36. The van der Waals surface area contributed by atoms with E-state index >= 15 is 0 Å². The normalized spacial score (nSPS) is 23.6. The Kier molecular flexibility index (Phi) is 6.60. The van der Waals surface area contributed by atoms with Gasteiger partial charge in [-0.3, -0.25) is 4.79 Å². The molecule has 2 saturated heterocycles. The molecule has 0 bridgehead atoms. The number of hydrogen-bond acceptors (Lipinski definition) is 7. The molecule has 0 aliphatic carbocycles. The van der Waals surface area contributed by atoms with Crippen molar-refractivity contribution in [3.63, 3.8) is 0 Å². The van der Waals surface area contributed by atoms with Crippen molar-refractivity contribution in [1.29, 1.82) is 0 Å². The number of hydrogen-bond donors (Lipinski definition) is 1. The largest absolute Gasteiger partial charge is 0.362 e. The lowest BCUT2D eigenvalue weighted by atomic mass is 9.80.